The highest BCUT2D eigenvalue weighted by atomic mass is 16.5. The Hall–Kier alpha value is -4.13. The van der Waals surface area contributed by atoms with Crippen LogP contribution >= 0.6 is 0 Å². The summed E-state index contributed by atoms with van der Waals surface area (Å²) < 4.78 is 10.9. The van der Waals surface area contributed by atoms with Crippen LogP contribution in [0.25, 0.3) is 11.5 Å². The molecule has 4 aromatic rings. The van der Waals surface area contributed by atoms with E-state index in [9.17, 15) is 4.79 Å². The van der Waals surface area contributed by atoms with Gasteiger partial charge >= 0.3 is 6.03 Å². The van der Waals surface area contributed by atoms with Crippen molar-refractivity contribution >= 4 is 17.4 Å². The summed E-state index contributed by atoms with van der Waals surface area (Å²) in [6, 6.07) is 22.2. The molecule has 0 bridgehead atoms. The van der Waals surface area contributed by atoms with E-state index in [1.165, 1.54) is 5.56 Å². The van der Waals surface area contributed by atoms with Crippen molar-refractivity contribution in [2.45, 2.75) is 13.3 Å². The van der Waals surface area contributed by atoms with Crippen molar-refractivity contribution in [3.63, 3.8) is 0 Å². The number of aryl methyl sites for hydroxylation is 1. The van der Waals surface area contributed by atoms with Crippen molar-refractivity contribution in [1.82, 2.24) is 10.2 Å². The van der Waals surface area contributed by atoms with Gasteiger partial charge in [-0.3, -0.25) is 0 Å². The van der Waals surface area contributed by atoms with Gasteiger partial charge < -0.3 is 19.8 Å². The lowest BCUT2D eigenvalue weighted by molar-refractivity contribution is 0.262. The van der Waals surface area contributed by atoms with Crippen molar-refractivity contribution < 1.29 is 13.9 Å². The standard InChI is InChI=1S/C24H22N4O3/c1-16-3-5-17(6-4-16)15-22-27-28-23(31-22)18-7-9-19(10-8-18)25-24(29)26-20-11-13-21(30-2)14-12-20/h3-14H,15H2,1-2H3,(H2,25,26,29). The maximum atomic E-state index is 12.2. The number of nitrogens with one attached hydrogen (secondary N) is 2. The number of aromatic nitrogens is 2. The lowest BCUT2D eigenvalue weighted by atomic mass is 10.1. The first-order valence-corrected chi connectivity index (χ1v) is 9.79. The van der Waals surface area contributed by atoms with Gasteiger partial charge in [-0.1, -0.05) is 29.8 Å². The highest BCUT2D eigenvalue weighted by molar-refractivity contribution is 5.99. The number of rotatable bonds is 6. The van der Waals surface area contributed by atoms with E-state index in [2.05, 4.69) is 52.0 Å². The Kier molecular flexibility index (Phi) is 5.93. The van der Waals surface area contributed by atoms with Gasteiger partial charge in [0.25, 0.3) is 0 Å². The Morgan fingerprint density at radius 1 is 0.871 bits per heavy atom. The number of anilines is 2. The summed E-state index contributed by atoms with van der Waals surface area (Å²) in [7, 11) is 1.60. The number of carbonyl (C=O) groups excluding carboxylic acids is 1. The molecule has 1 heterocycles. The second-order valence-electron chi connectivity index (χ2n) is 7.05. The quantitative estimate of drug-likeness (QED) is 0.448. The number of urea groups is 1. The van der Waals surface area contributed by atoms with E-state index in [1.54, 1.807) is 43.5 Å². The second-order valence-corrected chi connectivity index (χ2v) is 7.05. The zero-order valence-corrected chi connectivity index (χ0v) is 17.3. The molecule has 4 rings (SSSR count). The topological polar surface area (TPSA) is 89.3 Å². The van der Waals surface area contributed by atoms with Crippen LogP contribution in [-0.2, 0) is 6.42 Å². The van der Waals surface area contributed by atoms with Gasteiger partial charge in [0.2, 0.25) is 11.8 Å². The van der Waals surface area contributed by atoms with Crippen molar-refractivity contribution in [3.8, 4) is 17.2 Å². The lowest BCUT2D eigenvalue weighted by Crippen LogP contribution is -2.19. The van der Waals surface area contributed by atoms with Crippen LogP contribution in [-0.4, -0.2) is 23.3 Å². The molecule has 7 heteroatoms. The molecule has 7 nitrogen and oxygen atoms in total. The van der Waals surface area contributed by atoms with Crippen molar-refractivity contribution in [1.29, 1.82) is 0 Å². The highest BCUT2D eigenvalue weighted by Crippen LogP contribution is 2.22. The molecule has 0 aliphatic carbocycles. The van der Waals surface area contributed by atoms with E-state index in [0.717, 1.165) is 16.9 Å². The zero-order chi connectivity index (χ0) is 21.6. The molecule has 2 N–H and O–H groups in total. The van der Waals surface area contributed by atoms with Gasteiger partial charge in [0.05, 0.1) is 13.5 Å². The smallest absolute Gasteiger partial charge is 0.323 e. The Morgan fingerprint density at radius 3 is 2.10 bits per heavy atom. The normalized spacial score (nSPS) is 10.5. The van der Waals surface area contributed by atoms with Crippen LogP contribution in [0.15, 0.2) is 77.2 Å². The van der Waals surface area contributed by atoms with Gasteiger partial charge in [-0.2, -0.15) is 0 Å². The first kappa shape index (κ1) is 20.2. The third kappa shape index (κ3) is 5.27. The second kappa shape index (κ2) is 9.13. The summed E-state index contributed by atoms with van der Waals surface area (Å²) in [5, 5.41) is 13.8. The molecule has 0 fully saturated rings. The van der Waals surface area contributed by atoms with Gasteiger partial charge in [-0.15, -0.1) is 10.2 Å². The highest BCUT2D eigenvalue weighted by Gasteiger charge is 2.10. The summed E-state index contributed by atoms with van der Waals surface area (Å²) in [5.74, 6) is 1.72. The van der Waals surface area contributed by atoms with Crippen LogP contribution in [0.4, 0.5) is 16.2 Å². The van der Waals surface area contributed by atoms with E-state index in [4.69, 9.17) is 9.15 Å². The molecule has 0 unspecified atom stereocenters. The van der Waals surface area contributed by atoms with Crippen LogP contribution in [0.1, 0.15) is 17.0 Å². The van der Waals surface area contributed by atoms with Gasteiger partial charge in [0.15, 0.2) is 0 Å². The SMILES string of the molecule is COc1ccc(NC(=O)Nc2ccc(-c3nnc(Cc4ccc(C)cc4)o3)cc2)cc1. The molecule has 0 saturated heterocycles. The maximum absolute atomic E-state index is 12.2. The minimum Gasteiger partial charge on any atom is -0.497 e. The summed E-state index contributed by atoms with van der Waals surface area (Å²) in [4.78, 5) is 12.2. The summed E-state index contributed by atoms with van der Waals surface area (Å²) >= 11 is 0. The molecule has 31 heavy (non-hydrogen) atoms. The molecule has 0 atom stereocenters. The number of benzene rings is 3. The van der Waals surface area contributed by atoms with Gasteiger partial charge in [-0.25, -0.2) is 4.79 Å². The molecule has 0 aliphatic heterocycles. The molecule has 0 radical (unpaired) electrons. The molecule has 1 aromatic heterocycles. The minimum atomic E-state index is -0.337. The average Bonchev–Trinajstić information content (AvgIpc) is 3.25. The van der Waals surface area contributed by atoms with Crippen LogP contribution in [0.3, 0.4) is 0 Å². The van der Waals surface area contributed by atoms with Crippen molar-refractivity contribution in [2.75, 3.05) is 17.7 Å². The zero-order valence-electron chi connectivity index (χ0n) is 17.3. The summed E-state index contributed by atoms with van der Waals surface area (Å²) in [6.07, 6.45) is 0.582. The number of methoxy groups -OCH3 is 1. The molecule has 0 saturated carbocycles. The Labute approximate surface area is 180 Å². The van der Waals surface area contributed by atoms with Gasteiger partial charge in [0, 0.05) is 16.9 Å². The Morgan fingerprint density at radius 2 is 1.48 bits per heavy atom. The van der Waals surface area contributed by atoms with E-state index in [1.807, 2.05) is 12.1 Å². The summed E-state index contributed by atoms with van der Waals surface area (Å²) in [6.45, 7) is 2.05. The number of hydrogen-bond acceptors (Lipinski definition) is 5. The average molecular weight is 414 g/mol. The lowest BCUT2D eigenvalue weighted by Gasteiger charge is -2.08. The molecule has 156 valence electrons. The van der Waals surface area contributed by atoms with Gasteiger partial charge in [0.1, 0.15) is 5.75 Å². The number of nitrogens with zero attached hydrogens (tertiary/aromatic N) is 2. The molecular weight excluding hydrogens is 392 g/mol. The Bertz CT molecular complexity index is 1150. The fourth-order valence-corrected chi connectivity index (χ4v) is 2.99. The van der Waals surface area contributed by atoms with E-state index >= 15 is 0 Å². The predicted molar refractivity (Wildman–Crippen MR) is 119 cm³/mol. The van der Waals surface area contributed by atoms with Crippen LogP contribution in [0.2, 0.25) is 0 Å². The van der Waals surface area contributed by atoms with Gasteiger partial charge in [-0.05, 0) is 61.0 Å². The largest absolute Gasteiger partial charge is 0.497 e. The third-order valence-corrected chi connectivity index (χ3v) is 4.68. The molecule has 0 spiro atoms. The number of hydrogen-bond donors (Lipinski definition) is 2. The summed E-state index contributed by atoms with van der Waals surface area (Å²) in [5.41, 5.74) is 4.42. The molecular formula is C24H22N4O3. The van der Waals surface area contributed by atoms with Crippen molar-refractivity contribution in [3.05, 3.63) is 89.8 Å². The first-order valence-electron chi connectivity index (χ1n) is 9.79. The predicted octanol–water partition coefficient (Wildman–Crippen LogP) is 5.29. The van der Waals surface area contributed by atoms with Crippen LogP contribution in [0.5, 0.6) is 5.75 Å². The van der Waals surface area contributed by atoms with Crippen molar-refractivity contribution in [2.24, 2.45) is 0 Å². The third-order valence-electron chi connectivity index (χ3n) is 4.68. The Balaban J connectivity index is 1.36. The number of ether oxygens (including phenoxy) is 1. The van der Waals surface area contributed by atoms with Crippen LogP contribution in [0, 0.1) is 6.92 Å². The first-order chi connectivity index (χ1) is 15.1. The molecule has 3 aromatic carbocycles. The number of amides is 2. The van der Waals surface area contributed by atoms with E-state index in [0.29, 0.717) is 29.6 Å². The maximum Gasteiger partial charge on any atom is 0.323 e. The minimum absolute atomic E-state index is 0.337. The fourth-order valence-electron chi connectivity index (χ4n) is 2.99. The molecule has 0 aliphatic rings. The van der Waals surface area contributed by atoms with Crippen LogP contribution < -0.4 is 15.4 Å². The fraction of sp³-hybridized carbons (Fsp3) is 0.125. The van der Waals surface area contributed by atoms with E-state index in [-0.39, 0.29) is 6.03 Å². The monoisotopic (exact) mass is 414 g/mol. The number of carbonyl (C=O) groups is 1. The van der Waals surface area contributed by atoms with E-state index < -0.39 is 0 Å². The molecule has 2 amide bonds.